The highest BCUT2D eigenvalue weighted by Crippen LogP contribution is 2.43. The molecule has 1 aliphatic rings. The lowest BCUT2D eigenvalue weighted by molar-refractivity contribution is 1.07. The lowest BCUT2D eigenvalue weighted by Crippen LogP contribution is -2.00. The van der Waals surface area contributed by atoms with Crippen LogP contribution in [0.4, 0.5) is 0 Å². The molecule has 0 saturated carbocycles. The van der Waals surface area contributed by atoms with Crippen LogP contribution in [0.3, 0.4) is 0 Å². The van der Waals surface area contributed by atoms with Gasteiger partial charge in [0.15, 0.2) is 17.5 Å². The third-order valence-electron chi connectivity index (χ3n) is 6.99. The molecule has 1 aromatic heterocycles. The molecule has 182 valence electrons. The van der Waals surface area contributed by atoms with E-state index < -0.39 is 0 Å². The Morgan fingerprint density at radius 2 is 0.895 bits per heavy atom. The van der Waals surface area contributed by atoms with E-state index in [-0.39, 0.29) is 7.43 Å². The van der Waals surface area contributed by atoms with Gasteiger partial charge in [-0.15, -0.1) is 0 Å². The van der Waals surface area contributed by atoms with Gasteiger partial charge in [-0.1, -0.05) is 129 Å². The molecule has 1 aliphatic carbocycles. The van der Waals surface area contributed by atoms with Gasteiger partial charge in [-0.05, 0) is 45.9 Å². The molecule has 0 unspecified atom stereocenters. The number of nitrogens with zero attached hydrogens (tertiary/aromatic N) is 3. The van der Waals surface area contributed by atoms with Crippen LogP contribution in [0.1, 0.15) is 18.6 Å². The maximum Gasteiger partial charge on any atom is 0.164 e. The Bertz CT molecular complexity index is 1670. The van der Waals surface area contributed by atoms with E-state index in [4.69, 9.17) is 15.0 Å². The highest BCUT2D eigenvalue weighted by atomic mass is 15.0. The fourth-order valence-corrected chi connectivity index (χ4v) is 5.17. The smallest absolute Gasteiger partial charge is 0.164 e. The molecule has 0 fully saturated rings. The number of benzene rings is 5. The van der Waals surface area contributed by atoms with Gasteiger partial charge in [-0.25, -0.2) is 15.0 Å². The second kappa shape index (κ2) is 9.87. The molecule has 0 amide bonds. The van der Waals surface area contributed by atoms with Crippen molar-refractivity contribution >= 4 is 0 Å². The van der Waals surface area contributed by atoms with Crippen LogP contribution in [0.5, 0.6) is 0 Å². The van der Waals surface area contributed by atoms with Gasteiger partial charge in [0.05, 0.1) is 0 Å². The fourth-order valence-electron chi connectivity index (χ4n) is 5.17. The summed E-state index contributed by atoms with van der Waals surface area (Å²) in [6.07, 6.45) is 0.928. The molecule has 0 aliphatic heterocycles. The molecule has 0 atom stereocenters. The summed E-state index contributed by atoms with van der Waals surface area (Å²) >= 11 is 0. The molecule has 1 heterocycles. The topological polar surface area (TPSA) is 38.7 Å². The van der Waals surface area contributed by atoms with Gasteiger partial charge in [0.2, 0.25) is 0 Å². The van der Waals surface area contributed by atoms with E-state index in [1.54, 1.807) is 0 Å². The van der Waals surface area contributed by atoms with Gasteiger partial charge < -0.3 is 0 Å². The van der Waals surface area contributed by atoms with Gasteiger partial charge in [-0.3, -0.25) is 0 Å². The van der Waals surface area contributed by atoms with Crippen molar-refractivity contribution in [2.75, 3.05) is 0 Å². The minimum Gasteiger partial charge on any atom is -0.208 e. The maximum absolute atomic E-state index is 4.92. The number of aromatic nitrogens is 3. The molecule has 0 spiro atoms. The first-order valence-corrected chi connectivity index (χ1v) is 12.5. The van der Waals surface area contributed by atoms with Gasteiger partial charge in [0.25, 0.3) is 0 Å². The number of hydrogen-bond acceptors (Lipinski definition) is 3. The van der Waals surface area contributed by atoms with E-state index >= 15 is 0 Å². The van der Waals surface area contributed by atoms with Crippen molar-refractivity contribution in [3.8, 4) is 56.4 Å². The largest absolute Gasteiger partial charge is 0.208 e. The molecule has 3 heteroatoms. The molecule has 7 rings (SSSR count). The number of rotatable bonds is 4. The first kappa shape index (κ1) is 23.5. The van der Waals surface area contributed by atoms with Crippen LogP contribution in [0.15, 0.2) is 127 Å². The Morgan fingerprint density at radius 3 is 1.47 bits per heavy atom. The van der Waals surface area contributed by atoms with E-state index in [9.17, 15) is 0 Å². The van der Waals surface area contributed by atoms with Crippen LogP contribution >= 0.6 is 0 Å². The Labute approximate surface area is 223 Å². The minimum absolute atomic E-state index is 0. The van der Waals surface area contributed by atoms with E-state index in [2.05, 4.69) is 66.7 Å². The average Bonchev–Trinajstić information content (AvgIpc) is 3.36. The molecule has 6 aromatic rings. The third-order valence-corrected chi connectivity index (χ3v) is 6.99. The summed E-state index contributed by atoms with van der Waals surface area (Å²) in [6.45, 7) is 0. The van der Waals surface area contributed by atoms with Gasteiger partial charge in [-0.2, -0.15) is 0 Å². The Kier molecular flexibility index (Phi) is 6.11. The van der Waals surface area contributed by atoms with E-state index in [0.717, 1.165) is 23.1 Å². The fraction of sp³-hybridized carbons (Fsp3) is 0.0571. The monoisotopic (exact) mass is 489 g/mol. The minimum atomic E-state index is 0. The first-order valence-electron chi connectivity index (χ1n) is 12.5. The highest BCUT2D eigenvalue weighted by molar-refractivity contribution is 5.86. The van der Waals surface area contributed by atoms with E-state index in [0.29, 0.717) is 17.5 Å². The number of fused-ring (bicyclic) bond motifs is 3. The summed E-state index contributed by atoms with van der Waals surface area (Å²) in [4.78, 5) is 14.7. The zero-order valence-corrected chi connectivity index (χ0v) is 20.2. The molecule has 0 bridgehead atoms. The SMILES string of the molecule is C.c1ccc(-c2nc(-c3ccccc3)nc(-c3ccc4c(c3)-c3cccc(-c5ccccc5)c3C4)n2)cc1. The Balaban J connectivity index is 0.00000264. The molecule has 0 N–H and O–H groups in total. The predicted octanol–water partition coefficient (Wildman–Crippen LogP) is 8.75. The summed E-state index contributed by atoms with van der Waals surface area (Å²) in [6, 6.07) is 44.1. The zero-order chi connectivity index (χ0) is 24.6. The number of hydrogen-bond donors (Lipinski definition) is 0. The van der Waals surface area contributed by atoms with Gasteiger partial charge in [0.1, 0.15) is 0 Å². The van der Waals surface area contributed by atoms with E-state index in [1.807, 2.05) is 60.7 Å². The van der Waals surface area contributed by atoms with Crippen LogP contribution in [0, 0.1) is 0 Å². The molecular weight excluding hydrogens is 462 g/mol. The summed E-state index contributed by atoms with van der Waals surface area (Å²) in [7, 11) is 0. The average molecular weight is 490 g/mol. The van der Waals surface area contributed by atoms with Crippen molar-refractivity contribution in [1.82, 2.24) is 15.0 Å². The van der Waals surface area contributed by atoms with Crippen molar-refractivity contribution in [2.24, 2.45) is 0 Å². The standard InChI is InChI=1S/C34H23N3.CH4/c1-4-11-23(12-5-1)28-17-10-18-29-30-22-27(20-19-26(30)21-31(28)29)34-36-32(24-13-6-2-7-14-24)35-33(37-34)25-15-8-3-9-16-25;/h1-20,22H,21H2;1H4. The maximum atomic E-state index is 4.92. The summed E-state index contributed by atoms with van der Waals surface area (Å²) < 4.78 is 0. The quantitative estimate of drug-likeness (QED) is 0.248. The van der Waals surface area contributed by atoms with Crippen molar-refractivity contribution in [3.63, 3.8) is 0 Å². The second-order valence-electron chi connectivity index (χ2n) is 9.28. The van der Waals surface area contributed by atoms with Crippen LogP contribution in [0.2, 0.25) is 0 Å². The van der Waals surface area contributed by atoms with Gasteiger partial charge in [0, 0.05) is 16.7 Å². The lowest BCUT2D eigenvalue weighted by atomic mass is 9.96. The van der Waals surface area contributed by atoms with Crippen molar-refractivity contribution < 1.29 is 0 Å². The second-order valence-corrected chi connectivity index (χ2v) is 9.28. The summed E-state index contributed by atoms with van der Waals surface area (Å²) in [5.74, 6) is 2.04. The Hall–Kier alpha value is -4.89. The van der Waals surface area contributed by atoms with Gasteiger partial charge >= 0.3 is 0 Å². The normalized spacial score (nSPS) is 11.4. The van der Waals surface area contributed by atoms with Crippen LogP contribution < -0.4 is 0 Å². The lowest BCUT2D eigenvalue weighted by Gasteiger charge is -2.10. The molecule has 5 aromatic carbocycles. The van der Waals surface area contributed by atoms with Crippen molar-refractivity contribution in [3.05, 3.63) is 139 Å². The van der Waals surface area contributed by atoms with Crippen LogP contribution in [-0.2, 0) is 6.42 Å². The van der Waals surface area contributed by atoms with E-state index in [1.165, 1.54) is 33.4 Å². The first-order chi connectivity index (χ1) is 18.3. The summed E-state index contributed by atoms with van der Waals surface area (Å²) in [5.41, 5.74) is 10.8. The zero-order valence-electron chi connectivity index (χ0n) is 20.2. The van der Waals surface area contributed by atoms with Crippen molar-refractivity contribution in [1.29, 1.82) is 0 Å². The predicted molar refractivity (Wildman–Crippen MR) is 157 cm³/mol. The molecular formula is C35H27N3. The summed E-state index contributed by atoms with van der Waals surface area (Å²) in [5, 5.41) is 0. The third kappa shape index (κ3) is 4.18. The van der Waals surface area contributed by atoms with Crippen molar-refractivity contribution in [2.45, 2.75) is 13.8 Å². The highest BCUT2D eigenvalue weighted by Gasteiger charge is 2.23. The van der Waals surface area contributed by atoms with Crippen LogP contribution in [-0.4, -0.2) is 15.0 Å². The molecule has 38 heavy (non-hydrogen) atoms. The molecule has 3 nitrogen and oxygen atoms in total. The Morgan fingerprint density at radius 1 is 0.395 bits per heavy atom. The molecule has 0 radical (unpaired) electrons. The molecule has 0 saturated heterocycles. The van der Waals surface area contributed by atoms with Crippen LogP contribution in [0.25, 0.3) is 56.4 Å².